The Bertz CT molecular complexity index is 457. The highest BCUT2D eigenvalue weighted by atomic mass is 35.5. The van der Waals surface area contributed by atoms with Gasteiger partial charge in [-0.1, -0.05) is 17.7 Å². The first-order chi connectivity index (χ1) is 9.52. The minimum atomic E-state index is 0.0339. The molecule has 0 saturated carbocycles. The van der Waals surface area contributed by atoms with E-state index in [9.17, 15) is 4.79 Å². The molecule has 1 aliphatic rings. The Balaban J connectivity index is 1.77. The van der Waals surface area contributed by atoms with E-state index in [1.54, 1.807) is 12.1 Å². The van der Waals surface area contributed by atoms with E-state index < -0.39 is 0 Å². The molecule has 1 aliphatic heterocycles. The van der Waals surface area contributed by atoms with Gasteiger partial charge >= 0.3 is 0 Å². The zero-order chi connectivity index (χ0) is 14.5. The summed E-state index contributed by atoms with van der Waals surface area (Å²) >= 11 is 5.89. The molecule has 0 unspecified atom stereocenters. The van der Waals surface area contributed by atoms with Gasteiger partial charge in [-0.25, -0.2) is 0 Å². The van der Waals surface area contributed by atoms with E-state index in [0.717, 1.165) is 25.3 Å². The Morgan fingerprint density at radius 2 is 2.10 bits per heavy atom. The van der Waals surface area contributed by atoms with Crippen molar-refractivity contribution in [2.45, 2.75) is 32.5 Å². The number of carbonyl (C=O) groups excluding carboxylic acids is 1. The van der Waals surface area contributed by atoms with Crippen molar-refractivity contribution < 1.29 is 14.4 Å². The van der Waals surface area contributed by atoms with E-state index in [1.165, 1.54) is 4.90 Å². The van der Waals surface area contributed by atoms with Gasteiger partial charge in [0.25, 0.3) is 0 Å². The minimum absolute atomic E-state index is 0.0339. The first-order valence-electron chi connectivity index (χ1n) is 7.07. The van der Waals surface area contributed by atoms with Crippen molar-refractivity contribution in [3.63, 3.8) is 0 Å². The van der Waals surface area contributed by atoms with Gasteiger partial charge in [0, 0.05) is 10.7 Å². The highest BCUT2D eigenvalue weighted by Crippen LogP contribution is 2.14. The molecule has 4 nitrogen and oxygen atoms in total. The van der Waals surface area contributed by atoms with Crippen LogP contribution in [-0.4, -0.2) is 37.7 Å². The van der Waals surface area contributed by atoms with Crippen molar-refractivity contribution in [2.24, 2.45) is 0 Å². The first kappa shape index (κ1) is 15.3. The molecule has 0 aliphatic carbocycles. The van der Waals surface area contributed by atoms with E-state index in [2.05, 4.69) is 19.2 Å². The fourth-order valence-electron chi connectivity index (χ4n) is 2.67. The van der Waals surface area contributed by atoms with E-state index in [1.807, 2.05) is 12.1 Å². The van der Waals surface area contributed by atoms with Gasteiger partial charge < -0.3 is 15.0 Å². The number of benzene rings is 1. The number of morpholine rings is 1. The van der Waals surface area contributed by atoms with E-state index in [0.29, 0.717) is 11.4 Å². The normalized spacial score (nSPS) is 26.2. The van der Waals surface area contributed by atoms with Crippen LogP contribution in [0.3, 0.4) is 0 Å². The number of quaternary nitrogens is 1. The number of hydrogen-bond acceptors (Lipinski definition) is 2. The molecule has 5 heteroatoms. The van der Waals surface area contributed by atoms with Crippen LogP contribution in [0.4, 0.5) is 5.69 Å². The monoisotopic (exact) mass is 297 g/mol. The Morgan fingerprint density at radius 1 is 1.40 bits per heavy atom. The molecule has 20 heavy (non-hydrogen) atoms. The summed E-state index contributed by atoms with van der Waals surface area (Å²) in [6.07, 6.45) is 1.05. The topological polar surface area (TPSA) is 42.8 Å². The fourth-order valence-corrected chi connectivity index (χ4v) is 2.86. The predicted octanol–water partition coefficient (Wildman–Crippen LogP) is 1.36. The molecule has 110 valence electrons. The molecule has 2 atom stereocenters. The predicted molar refractivity (Wildman–Crippen MR) is 80.3 cm³/mol. The summed E-state index contributed by atoms with van der Waals surface area (Å²) in [7, 11) is 0. The van der Waals surface area contributed by atoms with Crippen molar-refractivity contribution in [1.82, 2.24) is 0 Å². The van der Waals surface area contributed by atoms with E-state index in [-0.39, 0.29) is 18.1 Å². The molecule has 1 aromatic carbocycles. The molecular formula is C15H22ClN2O2+. The lowest BCUT2D eigenvalue weighted by atomic mass is 10.2. The molecule has 1 amide bonds. The van der Waals surface area contributed by atoms with Gasteiger partial charge in [0.05, 0.1) is 13.0 Å². The molecule has 1 saturated heterocycles. The van der Waals surface area contributed by atoms with Gasteiger partial charge in [-0.05, 0) is 32.0 Å². The zero-order valence-corrected chi connectivity index (χ0v) is 12.7. The van der Waals surface area contributed by atoms with Crippen molar-refractivity contribution in [2.75, 3.05) is 25.0 Å². The van der Waals surface area contributed by atoms with Crippen LogP contribution < -0.4 is 10.2 Å². The number of ether oxygens (including phenoxy) is 1. The van der Waals surface area contributed by atoms with Gasteiger partial charge in [0.1, 0.15) is 25.3 Å². The second-order valence-electron chi connectivity index (χ2n) is 5.47. The lowest BCUT2D eigenvalue weighted by molar-refractivity contribution is -0.914. The zero-order valence-electron chi connectivity index (χ0n) is 12.0. The second-order valence-corrected chi connectivity index (χ2v) is 5.91. The first-order valence-corrected chi connectivity index (χ1v) is 7.45. The molecule has 0 bridgehead atoms. The summed E-state index contributed by atoms with van der Waals surface area (Å²) in [5.41, 5.74) is 0.751. The van der Waals surface area contributed by atoms with Crippen LogP contribution in [0.1, 0.15) is 20.3 Å². The van der Waals surface area contributed by atoms with Crippen molar-refractivity contribution in [3.05, 3.63) is 29.3 Å². The molecule has 2 rings (SSSR count). The van der Waals surface area contributed by atoms with Gasteiger partial charge in [0.15, 0.2) is 0 Å². The van der Waals surface area contributed by atoms with Crippen molar-refractivity contribution in [1.29, 1.82) is 0 Å². The van der Waals surface area contributed by atoms with Gasteiger partial charge in [-0.15, -0.1) is 0 Å². The number of rotatable bonds is 4. The molecule has 0 aromatic heterocycles. The Labute approximate surface area is 125 Å². The maximum atomic E-state index is 11.9. The number of amides is 1. The van der Waals surface area contributed by atoms with Crippen LogP contribution in [0.2, 0.25) is 5.02 Å². The fraction of sp³-hybridized carbons (Fsp3) is 0.533. The maximum Gasteiger partial charge on any atom is 0.230 e. The van der Waals surface area contributed by atoms with Crippen LogP contribution >= 0.6 is 11.6 Å². The maximum absolute atomic E-state index is 11.9. The Kier molecular flexibility index (Phi) is 5.40. The molecule has 0 spiro atoms. The average molecular weight is 298 g/mol. The smallest absolute Gasteiger partial charge is 0.230 e. The lowest BCUT2D eigenvalue weighted by Gasteiger charge is -2.32. The number of hydrogen-bond donors (Lipinski definition) is 2. The molecule has 1 heterocycles. The molecular weight excluding hydrogens is 276 g/mol. The third kappa shape index (κ3) is 4.78. The lowest BCUT2D eigenvalue weighted by Crippen LogP contribution is -3.15. The minimum Gasteiger partial charge on any atom is -0.364 e. The Hall–Kier alpha value is -1.10. The second kappa shape index (κ2) is 7.07. The van der Waals surface area contributed by atoms with Crippen LogP contribution in [0.25, 0.3) is 0 Å². The SMILES string of the molecule is C[C@H]1C[NH+](CCC(=O)Nc2cccc(Cl)c2)C[C@H](C)O1. The highest BCUT2D eigenvalue weighted by molar-refractivity contribution is 6.30. The van der Waals surface area contributed by atoms with Gasteiger partial charge in [0.2, 0.25) is 5.91 Å². The number of nitrogens with one attached hydrogen (secondary N) is 2. The van der Waals surface area contributed by atoms with Crippen LogP contribution in [0.5, 0.6) is 0 Å². The average Bonchev–Trinajstić information content (AvgIpc) is 2.35. The van der Waals surface area contributed by atoms with Gasteiger partial charge in [-0.2, -0.15) is 0 Å². The van der Waals surface area contributed by atoms with E-state index in [4.69, 9.17) is 16.3 Å². The summed E-state index contributed by atoms with van der Waals surface area (Å²) < 4.78 is 5.70. The summed E-state index contributed by atoms with van der Waals surface area (Å²) in [4.78, 5) is 13.4. The largest absolute Gasteiger partial charge is 0.364 e. The Morgan fingerprint density at radius 3 is 2.75 bits per heavy atom. The molecule has 0 radical (unpaired) electrons. The molecule has 2 N–H and O–H groups in total. The van der Waals surface area contributed by atoms with Crippen LogP contribution in [0, 0.1) is 0 Å². The van der Waals surface area contributed by atoms with Crippen molar-refractivity contribution >= 4 is 23.2 Å². The van der Waals surface area contributed by atoms with Crippen LogP contribution in [-0.2, 0) is 9.53 Å². The third-order valence-corrected chi connectivity index (χ3v) is 3.67. The third-order valence-electron chi connectivity index (χ3n) is 3.43. The number of carbonyl (C=O) groups is 1. The van der Waals surface area contributed by atoms with Crippen LogP contribution in [0.15, 0.2) is 24.3 Å². The number of anilines is 1. The summed E-state index contributed by atoms with van der Waals surface area (Å²) in [6.45, 7) is 6.94. The summed E-state index contributed by atoms with van der Waals surface area (Å²) in [5, 5.41) is 3.51. The quantitative estimate of drug-likeness (QED) is 0.881. The summed E-state index contributed by atoms with van der Waals surface area (Å²) in [6, 6.07) is 7.22. The van der Waals surface area contributed by atoms with E-state index >= 15 is 0 Å². The molecule has 1 fully saturated rings. The molecule has 1 aromatic rings. The standard InChI is InChI=1S/C15H21ClN2O2/c1-11-9-18(10-12(2)20-11)7-6-15(19)17-14-5-3-4-13(16)8-14/h3-5,8,11-12H,6-7,9-10H2,1-2H3,(H,17,19)/p+1/t11-,12-/m0/s1. The number of halogens is 1. The van der Waals surface area contributed by atoms with Crippen molar-refractivity contribution in [3.8, 4) is 0 Å². The van der Waals surface area contributed by atoms with Gasteiger partial charge in [-0.3, -0.25) is 4.79 Å². The highest BCUT2D eigenvalue weighted by Gasteiger charge is 2.25. The summed E-state index contributed by atoms with van der Waals surface area (Å²) in [5.74, 6) is 0.0339.